The first kappa shape index (κ1) is 10.2. The standard InChI is InChI=1S/C9H15FN2O/c1-6(10)4-8(11)5-7-2-3-12-9(7)13/h4,7-8H,2-3,5,11H2,1H3,(H,12,13)/b6-4-. The SMILES string of the molecule is C/C(F)=C/C(N)CC1CCNC1=O. The van der Waals surface area contributed by atoms with Crippen molar-refractivity contribution < 1.29 is 9.18 Å². The maximum atomic E-state index is 12.4. The summed E-state index contributed by atoms with van der Waals surface area (Å²) in [5, 5.41) is 2.72. The number of allylic oxidation sites excluding steroid dienone is 1. The number of nitrogens with one attached hydrogen (secondary N) is 1. The highest BCUT2D eigenvalue weighted by Gasteiger charge is 2.25. The van der Waals surface area contributed by atoms with Gasteiger partial charge in [0, 0.05) is 18.5 Å². The van der Waals surface area contributed by atoms with Crippen LogP contribution in [0, 0.1) is 5.92 Å². The van der Waals surface area contributed by atoms with E-state index in [1.165, 1.54) is 13.0 Å². The Labute approximate surface area is 77.2 Å². The predicted molar refractivity (Wildman–Crippen MR) is 48.6 cm³/mol. The van der Waals surface area contributed by atoms with Gasteiger partial charge >= 0.3 is 0 Å². The van der Waals surface area contributed by atoms with E-state index in [2.05, 4.69) is 5.32 Å². The molecule has 0 aromatic carbocycles. The lowest BCUT2D eigenvalue weighted by atomic mass is 9.99. The molecule has 0 radical (unpaired) electrons. The van der Waals surface area contributed by atoms with E-state index in [0.717, 1.165) is 6.42 Å². The van der Waals surface area contributed by atoms with E-state index in [0.29, 0.717) is 13.0 Å². The van der Waals surface area contributed by atoms with Crippen LogP contribution in [0.5, 0.6) is 0 Å². The van der Waals surface area contributed by atoms with E-state index in [9.17, 15) is 9.18 Å². The van der Waals surface area contributed by atoms with Crippen molar-refractivity contribution in [3.63, 3.8) is 0 Å². The Kier molecular flexibility index (Phi) is 3.42. The molecule has 13 heavy (non-hydrogen) atoms. The van der Waals surface area contributed by atoms with Gasteiger partial charge < -0.3 is 11.1 Å². The quantitative estimate of drug-likeness (QED) is 0.682. The van der Waals surface area contributed by atoms with Crippen LogP contribution < -0.4 is 11.1 Å². The van der Waals surface area contributed by atoms with E-state index in [1.807, 2.05) is 0 Å². The number of carbonyl (C=O) groups excluding carboxylic acids is 1. The fourth-order valence-corrected chi connectivity index (χ4v) is 1.56. The molecule has 1 fully saturated rings. The second-order valence-electron chi connectivity index (χ2n) is 3.43. The fraction of sp³-hybridized carbons (Fsp3) is 0.667. The van der Waals surface area contributed by atoms with Crippen LogP contribution in [0.15, 0.2) is 11.9 Å². The van der Waals surface area contributed by atoms with Crippen LogP contribution in [-0.4, -0.2) is 18.5 Å². The highest BCUT2D eigenvalue weighted by Crippen LogP contribution is 2.16. The molecule has 0 aromatic rings. The van der Waals surface area contributed by atoms with Crippen molar-refractivity contribution in [2.75, 3.05) is 6.54 Å². The molecule has 2 unspecified atom stereocenters. The van der Waals surface area contributed by atoms with E-state index in [-0.39, 0.29) is 23.7 Å². The Bertz CT molecular complexity index is 224. The summed E-state index contributed by atoms with van der Waals surface area (Å²) >= 11 is 0. The zero-order chi connectivity index (χ0) is 9.84. The van der Waals surface area contributed by atoms with Crippen LogP contribution >= 0.6 is 0 Å². The number of amides is 1. The van der Waals surface area contributed by atoms with Crippen molar-refractivity contribution in [1.29, 1.82) is 0 Å². The lowest BCUT2D eigenvalue weighted by Gasteiger charge is -2.10. The lowest BCUT2D eigenvalue weighted by molar-refractivity contribution is -0.122. The van der Waals surface area contributed by atoms with Gasteiger partial charge in [0.25, 0.3) is 0 Å². The summed E-state index contributed by atoms with van der Waals surface area (Å²) in [5.41, 5.74) is 5.62. The maximum absolute atomic E-state index is 12.4. The molecule has 1 aliphatic heterocycles. The largest absolute Gasteiger partial charge is 0.356 e. The van der Waals surface area contributed by atoms with Crippen LogP contribution in [0.2, 0.25) is 0 Å². The zero-order valence-electron chi connectivity index (χ0n) is 7.72. The Morgan fingerprint density at radius 3 is 3.08 bits per heavy atom. The molecule has 1 aliphatic rings. The van der Waals surface area contributed by atoms with Crippen molar-refractivity contribution in [2.45, 2.75) is 25.8 Å². The van der Waals surface area contributed by atoms with Crippen molar-refractivity contribution >= 4 is 5.91 Å². The molecule has 1 saturated heterocycles. The third kappa shape index (κ3) is 3.14. The molecular weight excluding hydrogens is 171 g/mol. The van der Waals surface area contributed by atoms with Gasteiger partial charge in [-0.3, -0.25) is 4.79 Å². The minimum Gasteiger partial charge on any atom is -0.356 e. The first-order chi connectivity index (χ1) is 6.09. The minimum atomic E-state index is -0.348. The average Bonchev–Trinajstić information content (AvgIpc) is 2.34. The lowest BCUT2D eigenvalue weighted by Crippen LogP contribution is -2.26. The molecule has 4 heteroatoms. The normalized spacial score (nSPS) is 25.9. The van der Waals surface area contributed by atoms with Crippen LogP contribution in [0.4, 0.5) is 4.39 Å². The average molecular weight is 186 g/mol. The highest BCUT2D eigenvalue weighted by atomic mass is 19.1. The molecule has 0 aliphatic carbocycles. The summed E-state index contributed by atoms with van der Waals surface area (Å²) in [5.74, 6) is -0.281. The van der Waals surface area contributed by atoms with E-state index >= 15 is 0 Å². The van der Waals surface area contributed by atoms with Crippen molar-refractivity contribution in [1.82, 2.24) is 5.32 Å². The molecule has 0 bridgehead atoms. The highest BCUT2D eigenvalue weighted by molar-refractivity contribution is 5.80. The van der Waals surface area contributed by atoms with Gasteiger partial charge in [0.1, 0.15) is 0 Å². The van der Waals surface area contributed by atoms with Crippen LogP contribution in [0.25, 0.3) is 0 Å². The summed E-state index contributed by atoms with van der Waals surface area (Å²) in [7, 11) is 0. The Morgan fingerprint density at radius 1 is 1.92 bits per heavy atom. The molecule has 0 spiro atoms. The second-order valence-corrected chi connectivity index (χ2v) is 3.43. The van der Waals surface area contributed by atoms with E-state index < -0.39 is 0 Å². The number of hydrogen-bond donors (Lipinski definition) is 2. The Hall–Kier alpha value is -0.900. The summed E-state index contributed by atoms with van der Waals surface area (Å²) in [6.07, 6.45) is 2.70. The second kappa shape index (κ2) is 4.37. The van der Waals surface area contributed by atoms with Gasteiger partial charge in [-0.2, -0.15) is 0 Å². The van der Waals surface area contributed by atoms with Gasteiger partial charge in [-0.05, 0) is 25.8 Å². The van der Waals surface area contributed by atoms with Crippen molar-refractivity contribution in [2.24, 2.45) is 11.7 Å². The summed E-state index contributed by atoms with van der Waals surface area (Å²) < 4.78 is 12.4. The van der Waals surface area contributed by atoms with E-state index in [4.69, 9.17) is 5.73 Å². The fourth-order valence-electron chi connectivity index (χ4n) is 1.56. The first-order valence-corrected chi connectivity index (χ1v) is 4.47. The van der Waals surface area contributed by atoms with Crippen molar-refractivity contribution in [3.05, 3.63) is 11.9 Å². The topological polar surface area (TPSA) is 55.1 Å². The Balaban J connectivity index is 2.39. The minimum absolute atomic E-state index is 0.0365. The Morgan fingerprint density at radius 2 is 2.62 bits per heavy atom. The number of rotatable bonds is 3. The third-order valence-electron chi connectivity index (χ3n) is 2.16. The summed E-state index contributed by atoms with van der Waals surface area (Å²) in [4.78, 5) is 11.1. The molecule has 74 valence electrons. The number of halogens is 1. The monoisotopic (exact) mass is 186 g/mol. The van der Waals surface area contributed by atoms with Gasteiger partial charge in [0.15, 0.2) is 0 Å². The summed E-state index contributed by atoms with van der Waals surface area (Å²) in [6.45, 7) is 2.07. The molecular formula is C9H15FN2O. The first-order valence-electron chi connectivity index (χ1n) is 4.47. The van der Waals surface area contributed by atoms with Gasteiger partial charge in [-0.1, -0.05) is 0 Å². The van der Waals surface area contributed by atoms with Gasteiger partial charge in [-0.15, -0.1) is 0 Å². The molecule has 0 aromatic heterocycles. The molecule has 1 rings (SSSR count). The number of nitrogens with two attached hydrogens (primary N) is 1. The number of hydrogen-bond acceptors (Lipinski definition) is 2. The number of carbonyl (C=O) groups is 1. The van der Waals surface area contributed by atoms with Gasteiger partial charge in [0.05, 0.1) is 5.83 Å². The molecule has 3 nitrogen and oxygen atoms in total. The van der Waals surface area contributed by atoms with Crippen LogP contribution in [-0.2, 0) is 4.79 Å². The zero-order valence-corrected chi connectivity index (χ0v) is 7.72. The predicted octanol–water partition coefficient (Wildman–Crippen LogP) is 0.713. The molecule has 0 saturated carbocycles. The van der Waals surface area contributed by atoms with E-state index in [1.54, 1.807) is 0 Å². The maximum Gasteiger partial charge on any atom is 0.223 e. The molecule has 3 N–H and O–H groups in total. The smallest absolute Gasteiger partial charge is 0.223 e. The summed E-state index contributed by atoms with van der Waals surface area (Å²) in [6, 6.07) is -0.348. The van der Waals surface area contributed by atoms with Crippen LogP contribution in [0.1, 0.15) is 19.8 Å². The van der Waals surface area contributed by atoms with Crippen molar-refractivity contribution in [3.8, 4) is 0 Å². The van der Waals surface area contributed by atoms with Crippen LogP contribution in [0.3, 0.4) is 0 Å². The molecule has 1 heterocycles. The van der Waals surface area contributed by atoms with Gasteiger partial charge in [-0.25, -0.2) is 4.39 Å². The molecule has 2 atom stereocenters. The van der Waals surface area contributed by atoms with Gasteiger partial charge in [0.2, 0.25) is 5.91 Å². The third-order valence-corrected chi connectivity index (χ3v) is 2.16. The molecule has 1 amide bonds.